The van der Waals surface area contributed by atoms with Crippen LogP contribution in [0.15, 0.2) is 116 Å². The summed E-state index contributed by atoms with van der Waals surface area (Å²) in [6, 6.07) is 38.1. The Morgan fingerprint density at radius 3 is 1.95 bits per heavy atom. The van der Waals surface area contributed by atoms with E-state index in [1.807, 2.05) is 0 Å². The van der Waals surface area contributed by atoms with E-state index in [9.17, 15) is 0 Å². The molecule has 212 valence electrons. The molecule has 0 N–H and O–H groups in total. The fourth-order valence-electron chi connectivity index (χ4n) is 7.83. The standard InChI is InChI=1S/C40H44N2/c1-6-39(5)40(7-2,36-22-13-12-21-35(36)37-23-14-15-27-42(37)39)25-16-26-41-28-24-32(33-19-10-8-17-30(33)3)29-38(41)34-20-11-9-18-31(34)4/h8-15,17-24,27-29H,6-7,16,25-26H2,1-5H3/q+2. The lowest BCUT2D eigenvalue weighted by Gasteiger charge is -2.48. The fourth-order valence-corrected chi connectivity index (χ4v) is 7.83. The van der Waals surface area contributed by atoms with E-state index in [4.69, 9.17) is 0 Å². The van der Waals surface area contributed by atoms with Gasteiger partial charge in [0, 0.05) is 49.6 Å². The summed E-state index contributed by atoms with van der Waals surface area (Å²) >= 11 is 0. The topological polar surface area (TPSA) is 7.76 Å². The summed E-state index contributed by atoms with van der Waals surface area (Å²) in [6.07, 6.45) is 9.06. The van der Waals surface area contributed by atoms with E-state index in [2.05, 4.69) is 159 Å². The summed E-state index contributed by atoms with van der Waals surface area (Å²) in [6.45, 7) is 12.7. The second-order valence-corrected chi connectivity index (χ2v) is 12.3. The number of hydrogen-bond donors (Lipinski definition) is 0. The van der Waals surface area contributed by atoms with E-state index in [1.54, 1.807) is 0 Å². The predicted molar refractivity (Wildman–Crippen MR) is 174 cm³/mol. The molecule has 2 aromatic heterocycles. The molecule has 2 nitrogen and oxygen atoms in total. The van der Waals surface area contributed by atoms with E-state index in [0.29, 0.717) is 0 Å². The number of benzene rings is 3. The van der Waals surface area contributed by atoms with Gasteiger partial charge in [-0.15, -0.1) is 0 Å². The zero-order valence-electron chi connectivity index (χ0n) is 25.9. The lowest BCUT2D eigenvalue weighted by molar-refractivity contribution is -0.766. The van der Waals surface area contributed by atoms with Gasteiger partial charge >= 0.3 is 0 Å². The molecule has 0 bridgehead atoms. The first-order chi connectivity index (χ1) is 20.4. The molecular weight excluding hydrogens is 508 g/mol. The molecule has 0 saturated carbocycles. The molecular formula is C40H44N2+2. The van der Waals surface area contributed by atoms with Crippen molar-refractivity contribution < 1.29 is 9.13 Å². The zero-order valence-corrected chi connectivity index (χ0v) is 25.9. The summed E-state index contributed by atoms with van der Waals surface area (Å²) in [7, 11) is 0. The number of aromatic nitrogens is 2. The molecule has 0 spiro atoms. The van der Waals surface area contributed by atoms with Gasteiger partial charge in [0.05, 0.1) is 11.0 Å². The van der Waals surface area contributed by atoms with Crippen molar-refractivity contribution in [3.8, 4) is 33.6 Å². The van der Waals surface area contributed by atoms with Crippen LogP contribution in [-0.4, -0.2) is 0 Å². The molecule has 1 aliphatic rings. The number of aryl methyl sites for hydroxylation is 3. The summed E-state index contributed by atoms with van der Waals surface area (Å²) in [5.41, 5.74) is 12.1. The van der Waals surface area contributed by atoms with Crippen molar-refractivity contribution in [1.82, 2.24) is 0 Å². The molecule has 0 aliphatic carbocycles. The first-order valence-electron chi connectivity index (χ1n) is 15.7. The molecule has 2 unspecified atom stereocenters. The molecule has 3 aromatic carbocycles. The Kier molecular flexibility index (Phi) is 7.58. The molecule has 3 heterocycles. The number of fused-ring (bicyclic) bond motifs is 3. The van der Waals surface area contributed by atoms with Gasteiger partial charge in [-0.2, -0.15) is 9.13 Å². The highest BCUT2D eigenvalue weighted by atomic mass is 15.1. The maximum absolute atomic E-state index is 2.59. The molecule has 6 rings (SSSR count). The summed E-state index contributed by atoms with van der Waals surface area (Å²) < 4.78 is 5.08. The monoisotopic (exact) mass is 552 g/mol. The highest BCUT2D eigenvalue weighted by molar-refractivity contribution is 5.72. The van der Waals surface area contributed by atoms with E-state index >= 15 is 0 Å². The molecule has 0 saturated heterocycles. The minimum absolute atomic E-state index is 0.00902. The number of nitrogens with zero attached hydrogens (tertiary/aromatic N) is 2. The third kappa shape index (κ3) is 4.49. The second-order valence-electron chi connectivity index (χ2n) is 12.3. The highest BCUT2D eigenvalue weighted by Gasteiger charge is 2.58. The van der Waals surface area contributed by atoms with E-state index in [1.165, 1.54) is 50.3 Å². The van der Waals surface area contributed by atoms with Crippen LogP contribution in [0.3, 0.4) is 0 Å². The predicted octanol–water partition coefficient (Wildman–Crippen LogP) is 9.15. The van der Waals surface area contributed by atoms with Crippen molar-refractivity contribution in [3.63, 3.8) is 0 Å². The molecule has 0 fully saturated rings. The molecule has 0 radical (unpaired) electrons. The second kappa shape index (κ2) is 11.3. The first-order valence-corrected chi connectivity index (χ1v) is 15.7. The van der Waals surface area contributed by atoms with Gasteiger partial charge in [0.1, 0.15) is 6.54 Å². The molecule has 42 heavy (non-hydrogen) atoms. The molecule has 5 aromatic rings. The third-order valence-electron chi connectivity index (χ3n) is 10.3. The number of hydrogen-bond acceptors (Lipinski definition) is 0. The highest BCUT2D eigenvalue weighted by Crippen LogP contribution is 2.52. The Morgan fingerprint density at radius 1 is 0.619 bits per heavy atom. The molecule has 2 atom stereocenters. The normalized spacial score (nSPS) is 19.3. The maximum Gasteiger partial charge on any atom is 0.213 e. The SMILES string of the molecule is CCC1(CCC[n+]2ccc(-c3ccccc3C)cc2-c2ccccc2C)c2ccccc2-c2cccc[n+]2C1(C)CC. The Hall–Kier alpha value is -4.04. The van der Waals surface area contributed by atoms with Crippen molar-refractivity contribution in [2.75, 3.05) is 0 Å². The van der Waals surface area contributed by atoms with Crippen molar-refractivity contribution in [3.05, 3.63) is 132 Å². The molecule has 2 heteroatoms. The minimum Gasteiger partial charge on any atom is -0.198 e. The van der Waals surface area contributed by atoms with Crippen LogP contribution in [0.5, 0.6) is 0 Å². The van der Waals surface area contributed by atoms with Crippen LogP contribution in [0.1, 0.15) is 63.1 Å². The Balaban J connectivity index is 1.40. The van der Waals surface area contributed by atoms with Crippen LogP contribution in [0.2, 0.25) is 0 Å². The number of pyridine rings is 2. The van der Waals surface area contributed by atoms with E-state index in [0.717, 1.165) is 32.2 Å². The molecule has 1 aliphatic heterocycles. The quantitative estimate of drug-likeness (QED) is 0.170. The van der Waals surface area contributed by atoms with Crippen LogP contribution in [0.4, 0.5) is 0 Å². The van der Waals surface area contributed by atoms with Crippen molar-refractivity contribution in [1.29, 1.82) is 0 Å². The fraction of sp³-hybridized carbons (Fsp3) is 0.300. The smallest absolute Gasteiger partial charge is 0.198 e. The summed E-state index contributed by atoms with van der Waals surface area (Å²) in [5.74, 6) is 0. The maximum atomic E-state index is 2.59. The van der Waals surface area contributed by atoms with Crippen LogP contribution in [-0.2, 0) is 17.5 Å². The van der Waals surface area contributed by atoms with Gasteiger partial charge in [0.25, 0.3) is 0 Å². The minimum atomic E-state index is -0.00902. The zero-order chi connectivity index (χ0) is 29.3. The van der Waals surface area contributed by atoms with Gasteiger partial charge in [0.2, 0.25) is 11.4 Å². The Morgan fingerprint density at radius 2 is 1.26 bits per heavy atom. The lowest BCUT2D eigenvalue weighted by atomic mass is 9.57. The largest absolute Gasteiger partial charge is 0.213 e. The lowest BCUT2D eigenvalue weighted by Crippen LogP contribution is -2.68. The Labute approximate surface area is 252 Å². The number of rotatable bonds is 8. The first kappa shape index (κ1) is 28.1. The van der Waals surface area contributed by atoms with Crippen molar-refractivity contribution in [2.45, 2.75) is 77.8 Å². The average Bonchev–Trinajstić information content (AvgIpc) is 3.03. The van der Waals surface area contributed by atoms with E-state index in [-0.39, 0.29) is 11.0 Å². The van der Waals surface area contributed by atoms with Gasteiger partial charge in [-0.3, -0.25) is 0 Å². The van der Waals surface area contributed by atoms with Gasteiger partial charge in [0.15, 0.2) is 17.9 Å². The van der Waals surface area contributed by atoms with Gasteiger partial charge in [-0.1, -0.05) is 74.5 Å². The van der Waals surface area contributed by atoms with Gasteiger partial charge < -0.3 is 0 Å². The van der Waals surface area contributed by atoms with Gasteiger partial charge in [-0.25, -0.2) is 0 Å². The Bertz CT molecular complexity index is 1730. The van der Waals surface area contributed by atoms with E-state index < -0.39 is 0 Å². The van der Waals surface area contributed by atoms with Gasteiger partial charge in [-0.05, 0) is 72.7 Å². The average molecular weight is 553 g/mol. The van der Waals surface area contributed by atoms with Crippen molar-refractivity contribution >= 4 is 0 Å². The van der Waals surface area contributed by atoms with Crippen LogP contribution >= 0.6 is 0 Å². The summed E-state index contributed by atoms with van der Waals surface area (Å²) in [4.78, 5) is 0. The van der Waals surface area contributed by atoms with Crippen molar-refractivity contribution in [2.24, 2.45) is 0 Å². The third-order valence-corrected chi connectivity index (χ3v) is 10.3. The van der Waals surface area contributed by atoms with Crippen LogP contribution < -0.4 is 9.13 Å². The van der Waals surface area contributed by atoms with Crippen LogP contribution in [0.25, 0.3) is 33.6 Å². The van der Waals surface area contributed by atoms with Crippen LogP contribution in [0, 0.1) is 13.8 Å². The molecule has 0 amide bonds. The summed E-state index contributed by atoms with van der Waals surface area (Å²) in [5, 5.41) is 0.